The summed E-state index contributed by atoms with van der Waals surface area (Å²) in [5.41, 5.74) is 2.46. The number of rotatable bonds is 4. The summed E-state index contributed by atoms with van der Waals surface area (Å²) in [6.45, 7) is 11.5. The second kappa shape index (κ2) is 6.83. The first-order valence-corrected chi connectivity index (χ1v) is 8.55. The molecule has 2 aromatic carbocycles. The van der Waals surface area contributed by atoms with Gasteiger partial charge in [-0.3, -0.25) is 9.59 Å². The van der Waals surface area contributed by atoms with Crippen molar-refractivity contribution in [2.45, 2.75) is 41.5 Å². The fourth-order valence-corrected chi connectivity index (χ4v) is 2.44. The molecule has 0 aliphatic carbocycles. The quantitative estimate of drug-likeness (QED) is 0.708. The van der Waals surface area contributed by atoms with Crippen molar-refractivity contribution in [2.75, 3.05) is 5.32 Å². The number of benzene rings is 2. The van der Waals surface area contributed by atoms with E-state index in [-0.39, 0.29) is 22.4 Å². The Bertz CT molecular complexity index is 690. The fourth-order valence-electron chi connectivity index (χ4n) is 2.44. The summed E-state index contributed by atoms with van der Waals surface area (Å²) in [5, 5.41) is 3.29. The van der Waals surface area contributed by atoms with Crippen molar-refractivity contribution in [3.8, 4) is 0 Å². The van der Waals surface area contributed by atoms with Gasteiger partial charge in [0.15, 0.2) is 11.6 Å². The van der Waals surface area contributed by atoms with Gasteiger partial charge in [0.2, 0.25) is 0 Å². The van der Waals surface area contributed by atoms with Crippen LogP contribution in [0.2, 0.25) is 0 Å². The first-order chi connectivity index (χ1) is 11.5. The topological polar surface area (TPSA) is 46.2 Å². The Morgan fingerprint density at radius 2 is 0.880 bits per heavy atom. The Morgan fingerprint density at radius 3 is 1.12 bits per heavy atom. The van der Waals surface area contributed by atoms with Crippen LogP contribution in [-0.4, -0.2) is 11.6 Å². The van der Waals surface area contributed by atoms with Gasteiger partial charge >= 0.3 is 0 Å². The predicted molar refractivity (Wildman–Crippen MR) is 104 cm³/mol. The molecular weight excluding hydrogens is 310 g/mol. The highest BCUT2D eigenvalue weighted by Gasteiger charge is 2.23. The van der Waals surface area contributed by atoms with Crippen LogP contribution in [0.3, 0.4) is 0 Å². The molecule has 0 aromatic heterocycles. The summed E-state index contributed by atoms with van der Waals surface area (Å²) < 4.78 is 0. The maximum absolute atomic E-state index is 12.3. The number of hydrogen-bond donors (Lipinski definition) is 1. The van der Waals surface area contributed by atoms with Crippen molar-refractivity contribution in [3.05, 3.63) is 59.7 Å². The van der Waals surface area contributed by atoms with Gasteiger partial charge in [0.25, 0.3) is 0 Å². The molecule has 3 nitrogen and oxygen atoms in total. The summed E-state index contributed by atoms with van der Waals surface area (Å²) in [5.74, 6) is 0.258. The lowest BCUT2D eigenvalue weighted by Gasteiger charge is -2.17. The molecule has 0 heterocycles. The molecule has 0 fully saturated rings. The molecule has 1 N–H and O–H groups in total. The Kier molecular flexibility index (Phi) is 5.17. The lowest BCUT2D eigenvalue weighted by molar-refractivity contribution is 0.0852. The number of ketones is 2. The largest absolute Gasteiger partial charge is 0.356 e. The van der Waals surface area contributed by atoms with E-state index in [0.29, 0.717) is 11.1 Å². The standard InChI is InChI=1S/C22H27NO2/c1-21(2,3)19(24)15-7-11-17(12-8-15)23-18-13-9-16(10-14-18)20(25)22(4,5)6/h7-14,23H,1-6H3. The maximum atomic E-state index is 12.3. The van der Waals surface area contributed by atoms with Crippen LogP contribution in [0.25, 0.3) is 0 Å². The van der Waals surface area contributed by atoms with Crippen LogP contribution in [0.15, 0.2) is 48.5 Å². The smallest absolute Gasteiger partial charge is 0.168 e. The van der Waals surface area contributed by atoms with Gasteiger partial charge in [-0.1, -0.05) is 41.5 Å². The van der Waals surface area contributed by atoms with E-state index in [1.165, 1.54) is 0 Å². The Labute approximate surface area is 150 Å². The van der Waals surface area contributed by atoms with E-state index in [4.69, 9.17) is 0 Å². The average Bonchev–Trinajstić information content (AvgIpc) is 2.53. The molecular formula is C22H27NO2. The zero-order chi connectivity index (χ0) is 18.8. The second-order valence-corrected chi connectivity index (χ2v) is 8.44. The van der Waals surface area contributed by atoms with Crippen LogP contribution in [-0.2, 0) is 0 Å². The van der Waals surface area contributed by atoms with Crippen molar-refractivity contribution in [2.24, 2.45) is 10.8 Å². The first kappa shape index (κ1) is 18.9. The molecule has 0 atom stereocenters. The number of nitrogens with one attached hydrogen (secondary N) is 1. The molecule has 0 spiro atoms. The molecule has 0 aliphatic heterocycles. The van der Waals surface area contributed by atoms with Gasteiger partial charge in [0.1, 0.15) is 0 Å². The molecule has 0 aliphatic rings. The van der Waals surface area contributed by atoms with Gasteiger partial charge in [-0.15, -0.1) is 0 Å². The van der Waals surface area contributed by atoms with Crippen molar-refractivity contribution in [1.82, 2.24) is 0 Å². The molecule has 25 heavy (non-hydrogen) atoms. The van der Waals surface area contributed by atoms with E-state index < -0.39 is 0 Å². The first-order valence-electron chi connectivity index (χ1n) is 8.55. The SMILES string of the molecule is CC(C)(C)C(=O)c1ccc(Nc2ccc(C(=O)C(C)(C)C)cc2)cc1. The molecule has 3 heteroatoms. The van der Waals surface area contributed by atoms with Gasteiger partial charge in [-0.25, -0.2) is 0 Å². The van der Waals surface area contributed by atoms with Crippen LogP contribution in [0.1, 0.15) is 62.3 Å². The highest BCUT2D eigenvalue weighted by Crippen LogP contribution is 2.25. The second-order valence-electron chi connectivity index (χ2n) is 8.44. The number of hydrogen-bond acceptors (Lipinski definition) is 3. The maximum Gasteiger partial charge on any atom is 0.168 e. The van der Waals surface area contributed by atoms with E-state index in [0.717, 1.165) is 11.4 Å². The number of anilines is 2. The zero-order valence-electron chi connectivity index (χ0n) is 15.9. The molecule has 0 saturated carbocycles. The zero-order valence-corrected chi connectivity index (χ0v) is 15.9. The van der Waals surface area contributed by atoms with Crippen LogP contribution >= 0.6 is 0 Å². The van der Waals surface area contributed by atoms with Gasteiger partial charge in [-0.2, -0.15) is 0 Å². The number of Topliss-reactive ketones (excluding diaryl/α,β-unsaturated/α-hetero) is 2. The molecule has 0 saturated heterocycles. The third-order valence-electron chi connectivity index (χ3n) is 3.95. The Balaban J connectivity index is 2.10. The summed E-state index contributed by atoms with van der Waals surface area (Å²) in [4.78, 5) is 24.5. The lowest BCUT2D eigenvalue weighted by atomic mass is 9.86. The van der Waals surface area contributed by atoms with E-state index in [2.05, 4.69) is 5.32 Å². The number of carbonyl (C=O) groups excluding carboxylic acids is 2. The summed E-state index contributed by atoms with van der Waals surface area (Å²) >= 11 is 0. The van der Waals surface area contributed by atoms with Crippen LogP contribution in [0.5, 0.6) is 0 Å². The minimum absolute atomic E-state index is 0.129. The molecule has 0 radical (unpaired) electrons. The fraction of sp³-hybridized carbons (Fsp3) is 0.364. The predicted octanol–water partition coefficient (Wildman–Crippen LogP) is 5.89. The van der Waals surface area contributed by atoms with E-state index in [1.807, 2.05) is 90.1 Å². The Morgan fingerprint density at radius 1 is 0.600 bits per heavy atom. The van der Waals surface area contributed by atoms with Crippen LogP contribution in [0, 0.1) is 10.8 Å². The van der Waals surface area contributed by atoms with Crippen molar-refractivity contribution in [1.29, 1.82) is 0 Å². The molecule has 0 unspecified atom stereocenters. The normalized spacial score (nSPS) is 11.9. The van der Waals surface area contributed by atoms with Crippen molar-refractivity contribution < 1.29 is 9.59 Å². The molecule has 0 bridgehead atoms. The molecule has 2 aromatic rings. The highest BCUT2D eigenvalue weighted by molar-refractivity contribution is 6.00. The van der Waals surface area contributed by atoms with Gasteiger partial charge in [0, 0.05) is 33.3 Å². The van der Waals surface area contributed by atoms with Crippen molar-refractivity contribution >= 4 is 22.9 Å². The Hall–Kier alpha value is -2.42. The monoisotopic (exact) mass is 337 g/mol. The molecule has 2 rings (SSSR count). The van der Waals surface area contributed by atoms with E-state index in [1.54, 1.807) is 0 Å². The lowest BCUT2D eigenvalue weighted by Crippen LogP contribution is -2.20. The van der Waals surface area contributed by atoms with Gasteiger partial charge in [0.05, 0.1) is 0 Å². The third-order valence-corrected chi connectivity index (χ3v) is 3.95. The highest BCUT2D eigenvalue weighted by atomic mass is 16.1. The summed E-state index contributed by atoms with van der Waals surface area (Å²) in [6, 6.07) is 14.9. The molecule has 0 amide bonds. The van der Waals surface area contributed by atoms with Gasteiger partial charge < -0.3 is 5.32 Å². The average molecular weight is 337 g/mol. The number of carbonyl (C=O) groups is 2. The van der Waals surface area contributed by atoms with Crippen LogP contribution in [0.4, 0.5) is 11.4 Å². The summed E-state index contributed by atoms with van der Waals surface area (Å²) in [7, 11) is 0. The molecule has 132 valence electrons. The summed E-state index contributed by atoms with van der Waals surface area (Å²) in [6.07, 6.45) is 0. The van der Waals surface area contributed by atoms with Crippen molar-refractivity contribution in [3.63, 3.8) is 0 Å². The van der Waals surface area contributed by atoms with E-state index in [9.17, 15) is 9.59 Å². The third kappa shape index (κ3) is 4.79. The minimum atomic E-state index is -0.385. The van der Waals surface area contributed by atoms with Crippen LogP contribution < -0.4 is 5.32 Å². The van der Waals surface area contributed by atoms with Gasteiger partial charge in [-0.05, 0) is 48.5 Å². The minimum Gasteiger partial charge on any atom is -0.356 e. The van der Waals surface area contributed by atoms with E-state index >= 15 is 0 Å².